The Morgan fingerprint density at radius 1 is 1.21 bits per heavy atom. The normalized spacial score (nSPS) is 25.0. The molecule has 3 aromatic heterocycles. The Bertz CT molecular complexity index is 1170. The summed E-state index contributed by atoms with van der Waals surface area (Å²) in [5, 5.41) is 30.0. The molecular weight excluding hydrogens is 378 g/mol. The molecule has 0 bridgehead atoms. The Labute approximate surface area is 166 Å². The fourth-order valence-corrected chi connectivity index (χ4v) is 4.20. The number of aliphatic hydroxyl groups is 2. The van der Waals surface area contributed by atoms with E-state index in [2.05, 4.69) is 15.3 Å². The molecule has 0 saturated heterocycles. The average Bonchev–Trinajstić information content (AvgIpc) is 3.35. The molecule has 3 heterocycles. The molecule has 1 aliphatic rings. The molecule has 4 atom stereocenters. The van der Waals surface area contributed by atoms with Crippen LogP contribution in [0.15, 0.2) is 42.7 Å². The van der Waals surface area contributed by atoms with E-state index in [9.17, 15) is 10.2 Å². The molecule has 1 fully saturated rings. The van der Waals surface area contributed by atoms with Gasteiger partial charge < -0.3 is 20.5 Å². The molecule has 144 valence electrons. The molecule has 1 saturated carbocycles. The highest BCUT2D eigenvalue weighted by Crippen LogP contribution is 2.32. The summed E-state index contributed by atoms with van der Waals surface area (Å²) in [6.45, 7) is 1.94. The van der Waals surface area contributed by atoms with Crippen molar-refractivity contribution in [2.45, 2.75) is 31.6 Å². The van der Waals surface area contributed by atoms with E-state index in [1.807, 2.05) is 43.5 Å². The largest absolute Gasteiger partial charge is 0.390 e. The van der Waals surface area contributed by atoms with Crippen LogP contribution in [-0.2, 0) is 0 Å². The summed E-state index contributed by atoms with van der Waals surface area (Å²) in [6.07, 6.45) is 2.76. The fraction of sp³-hybridized carbons (Fsp3) is 0.300. The van der Waals surface area contributed by atoms with E-state index in [-0.39, 0.29) is 12.0 Å². The predicted molar refractivity (Wildman–Crippen MR) is 108 cm³/mol. The lowest BCUT2D eigenvalue weighted by Gasteiger charge is -2.19. The lowest BCUT2D eigenvalue weighted by Crippen LogP contribution is -2.35. The summed E-state index contributed by atoms with van der Waals surface area (Å²) in [7, 11) is 0. The number of fused-ring (bicyclic) bond motifs is 2. The van der Waals surface area contributed by atoms with Crippen molar-refractivity contribution in [2.24, 2.45) is 5.92 Å². The minimum absolute atomic E-state index is 0.0361. The number of nitrogens with one attached hydrogen (secondary N) is 2. The highest BCUT2D eigenvalue weighted by atomic mass is 35.5. The number of anilines is 1. The number of rotatable bonds is 3. The van der Waals surface area contributed by atoms with Crippen LogP contribution in [-0.4, -0.2) is 48.0 Å². The third kappa shape index (κ3) is 2.74. The van der Waals surface area contributed by atoms with Gasteiger partial charge in [-0.2, -0.15) is 9.61 Å². The van der Waals surface area contributed by atoms with Crippen LogP contribution in [0.3, 0.4) is 0 Å². The van der Waals surface area contributed by atoms with Gasteiger partial charge >= 0.3 is 0 Å². The molecule has 0 radical (unpaired) electrons. The summed E-state index contributed by atoms with van der Waals surface area (Å²) < 4.78 is 1.72. The Morgan fingerprint density at radius 2 is 2.07 bits per heavy atom. The molecule has 0 unspecified atom stereocenters. The van der Waals surface area contributed by atoms with Gasteiger partial charge in [-0.3, -0.25) is 0 Å². The fourth-order valence-electron chi connectivity index (χ4n) is 4.03. The van der Waals surface area contributed by atoms with Crippen LogP contribution in [0, 0.1) is 5.92 Å². The second-order valence-corrected chi connectivity index (χ2v) is 7.90. The van der Waals surface area contributed by atoms with Crippen molar-refractivity contribution in [1.29, 1.82) is 0 Å². The highest BCUT2D eigenvalue weighted by Gasteiger charge is 2.39. The summed E-state index contributed by atoms with van der Waals surface area (Å²) >= 11 is 6.17. The first-order chi connectivity index (χ1) is 13.5. The van der Waals surface area contributed by atoms with E-state index in [4.69, 9.17) is 16.7 Å². The molecule has 8 heteroatoms. The molecule has 4 N–H and O–H groups in total. The molecule has 1 aliphatic carbocycles. The minimum Gasteiger partial charge on any atom is -0.390 e. The summed E-state index contributed by atoms with van der Waals surface area (Å²) in [6, 6.07) is 9.19. The van der Waals surface area contributed by atoms with Crippen molar-refractivity contribution in [3.8, 4) is 11.3 Å². The van der Waals surface area contributed by atoms with Crippen molar-refractivity contribution < 1.29 is 10.2 Å². The molecular formula is C20H20ClN5O2. The van der Waals surface area contributed by atoms with Gasteiger partial charge in [-0.05, 0) is 36.6 Å². The molecule has 0 spiro atoms. The van der Waals surface area contributed by atoms with Crippen LogP contribution in [0.2, 0.25) is 5.02 Å². The van der Waals surface area contributed by atoms with Crippen LogP contribution < -0.4 is 5.32 Å². The zero-order valence-electron chi connectivity index (χ0n) is 15.2. The number of aliphatic hydroxyl groups excluding tert-OH is 2. The van der Waals surface area contributed by atoms with Crippen LogP contribution in [0.1, 0.15) is 13.3 Å². The van der Waals surface area contributed by atoms with E-state index in [1.165, 1.54) is 0 Å². The third-order valence-corrected chi connectivity index (χ3v) is 5.82. The van der Waals surface area contributed by atoms with Gasteiger partial charge in [-0.25, -0.2) is 4.98 Å². The lowest BCUT2D eigenvalue weighted by molar-refractivity contribution is 0.0210. The van der Waals surface area contributed by atoms with Crippen molar-refractivity contribution in [1.82, 2.24) is 19.6 Å². The predicted octanol–water partition coefficient (Wildman–Crippen LogP) is 3.07. The Kier molecular flexibility index (Phi) is 4.04. The van der Waals surface area contributed by atoms with E-state index in [0.717, 1.165) is 28.0 Å². The average molecular weight is 398 g/mol. The number of nitrogens with zero attached hydrogens (tertiary/aromatic N) is 3. The summed E-state index contributed by atoms with van der Waals surface area (Å²) in [5.41, 5.74) is 3.40. The van der Waals surface area contributed by atoms with Crippen molar-refractivity contribution in [3.05, 3.63) is 47.7 Å². The van der Waals surface area contributed by atoms with Gasteiger partial charge in [0.1, 0.15) is 11.9 Å². The summed E-state index contributed by atoms with van der Waals surface area (Å²) in [4.78, 5) is 7.65. The zero-order chi connectivity index (χ0) is 19.4. The van der Waals surface area contributed by atoms with E-state index in [1.54, 1.807) is 10.7 Å². The number of H-pyrrole nitrogens is 1. The molecule has 4 aromatic rings. The maximum absolute atomic E-state index is 10.3. The van der Waals surface area contributed by atoms with Crippen molar-refractivity contribution >= 4 is 34.0 Å². The number of aromatic nitrogens is 4. The number of hydrogen-bond donors (Lipinski definition) is 4. The van der Waals surface area contributed by atoms with Crippen LogP contribution in [0.4, 0.5) is 5.82 Å². The molecule has 28 heavy (non-hydrogen) atoms. The molecule has 0 aliphatic heterocycles. The van der Waals surface area contributed by atoms with Crippen LogP contribution in [0.5, 0.6) is 0 Å². The first-order valence-electron chi connectivity index (χ1n) is 9.26. The smallest absolute Gasteiger partial charge is 0.157 e. The van der Waals surface area contributed by atoms with E-state index in [0.29, 0.717) is 17.1 Å². The van der Waals surface area contributed by atoms with E-state index < -0.39 is 12.2 Å². The monoisotopic (exact) mass is 397 g/mol. The van der Waals surface area contributed by atoms with Gasteiger partial charge in [-0.1, -0.05) is 18.5 Å². The van der Waals surface area contributed by atoms with Crippen molar-refractivity contribution in [3.63, 3.8) is 0 Å². The van der Waals surface area contributed by atoms with Gasteiger partial charge in [0, 0.05) is 39.9 Å². The minimum atomic E-state index is -0.816. The highest BCUT2D eigenvalue weighted by molar-refractivity contribution is 6.31. The van der Waals surface area contributed by atoms with Gasteiger partial charge in [0.15, 0.2) is 5.65 Å². The summed E-state index contributed by atoms with van der Waals surface area (Å²) in [5.74, 6) is 0.758. The number of hydrogen-bond acceptors (Lipinski definition) is 5. The van der Waals surface area contributed by atoms with Gasteiger partial charge in [-0.15, -0.1) is 0 Å². The second kappa shape index (κ2) is 6.48. The van der Waals surface area contributed by atoms with Crippen LogP contribution >= 0.6 is 11.6 Å². The Balaban J connectivity index is 1.55. The molecule has 7 nitrogen and oxygen atoms in total. The molecule has 0 amide bonds. The van der Waals surface area contributed by atoms with Gasteiger partial charge in [0.05, 0.1) is 17.8 Å². The maximum Gasteiger partial charge on any atom is 0.157 e. The zero-order valence-corrected chi connectivity index (χ0v) is 15.9. The standard InChI is InChI=1S/C20H20ClN5O2/c1-10-6-16(20(28)19(10)27)24-17-4-5-22-18-8-15(25-26(17)18)13-9-23-14-3-2-11(21)7-12(13)14/h2-5,7-10,16,19-20,23-24,27-28H,6H2,1H3/t10-,16-,19-,20+/m1/s1. The first kappa shape index (κ1) is 17.5. The Hall–Kier alpha value is -2.61. The number of aromatic amines is 1. The van der Waals surface area contributed by atoms with Gasteiger partial charge in [0.25, 0.3) is 0 Å². The molecule has 1 aromatic carbocycles. The quantitative estimate of drug-likeness (QED) is 0.426. The maximum atomic E-state index is 10.3. The topological polar surface area (TPSA) is 98.5 Å². The van der Waals surface area contributed by atoms with Crippen LogP contribution in [0.25, 0.3) is 27.8 Å². The second-order valence-electron chi connectivity index (χ2n) is 7.47. The van der Waals surface area contributed by atoms with Gasteiger partial charge in [0.2, 0.25) is 0 Å². The third-order valence-electron chi connectivity index (χ3n) is 5.58. The number of benzene rings is 1. The van der Waals surface area contributed by atoms with Crippen molar-refractivity contribution in [2.75, 3.05) is 5.32 Å². The lowest BCUT2D eigenvalue weighted by atomic mass is 10.1. The SMILES string of the molecule is C[C@@H]1C[C@@H](Nc2ccnc3cc(-c4c[nH]c5ccc(Cl)cc45)nn23)[C@H](O)[C@@H]1O. The number of halogens is 1. The molecule has 5 rings (SSSR count). The Morgan fingerprint density at radius 3 is 2.86 bits per heavy atom. The van der Waals surface area contributed by atoms with E-state index >= 15 is 0 Å². The first-order valence-corrected chi connectivity index (χ1v) is 9.63.